The second kappa shape index (κ2) is 11.5. The molecular weight excluding hydrogens is 458 g/mol. The number of hydrogen-bond acceptors (Lipinski definition) is 3. The van der Waals surface area contributed by atoms with Crippen LogP contribution in [0.2, 0.25) is 0 Å². The molecule has 0 radical (unpaired) electrons. The average Bonchev–Trinajstić information content (AvgIpc) is 2.97. The molecule has 2 N–H and O–H groups in total. The molecule has 0 aromatic carbocycles. The lowest BCUT2D eigenvalue weighted by atomic mass is 9.99. The molecule has 9 heteroatoms. The maximum absolute atomic E-state index is 12.4. The molecule has 5 nitrogen and oxygen atoms in total. The maximum Gasteiger partial charge on any atom is 0.401 e. The van der Waals surface area contributed by atoms with Crippen LogP contribution in [0.5, 0.6) is 0 Å². The third kappa shape index (κ3) is 9.07. The number of nitrogens with zero attached hydrogens (tertiary/aromatic N) is 3. The molecule has 0 aromatic rings. The number of piperidine rings is 1. The fraction of sp³-hybridized carbons (Fsp3) is 0.941. The molecule has 0 aromatic heterocycles. The Kier molecular flexibility index (Phi) is 10.5. The molecule has 154 valence electrons. The second-order valence-corrected chi connectivity index (χ2v) is 7.36. The minimum Gasteiger partial charge on any atom is -0.356 e. The van der Waals surface area contributed by atoms with Gasteiger partial charge in [-0.1, -0.05) is 6.92 Å². The van der Waals surface area contributed by atoms with Crippen LogP contribution in [0.25, 0.3) is 0 Å². The molecule has 0 aliphatic carbocycles. The molecular formula is C17H33F3IN5. The Morgan fingerprint density at radius 2 is 1.77 bits per heavy atom. The molecule has 0 saturated carbocycles. The van der Waals surface area contributed by atoms with Crippen molar-refractivity contribution in [3.8, 4) is 0 Å². The van der Waals surface area contributed by atoms with E-state index in [9.17, 15) is 13.2 Å². The van der Waals surface area contributed by atoms with E-state index >= 15 is 0 Å². The second-order valence-electron chi connectivity index (χ2n) is 7.36. The lowest BCUT2D eigenvalue weighted by Gasteiger charge is -2.30. The largest absolute Gasteiger partial charge is 0.401 e. The Hall–Kier alpha value is -0.290. The van der Waals surface area contributed by atoms with Gasteiger partial charge in [-0.3, -0.25) is 9.89 Å². The topological polar surface area (TPSA) is 42.9 Å². The lowest BCUT2D eigenvalue weighted by Crippen LogP contribution is -2.45. The van der Waals surface area contributed by atoms with Crippen LogP contribution >= 0.6 is 24.0 Å². The van der Waals surface area contributed by atoms with Gasteiger partial charge < -0.3 is 15.5 Å². The molecule has 2 fully saturated rings. The maximum atomic E-state index is 12.4. The number of guanidine groups is 1. The van der Waals surface area contributed by atoms with Gasteiger partial charge in [0.1, 0.15) is 0 Å². The summed E-state index contributed by atoms with van der Waals surface area (Å²) < 4.78 is 37.3. The third-order valence-electron chi connectivity index (χ3n) is 5.06. The van der Waals surface area contributed by atoms with Crippen LogP contribution in [-0.2, 0) is 0 Å². The molecule has 2 rings (SSSR count). The summed E-state index contributed by atoms with van der Waals surface area (Å²) in [6.45, 7) is 6.65. The number of alkyl halides is 3. The van der Waals surface area contributed by atoms with Crippen LogP contribution in [0.15, 0.2) is 4.99 Å². The highest BCUT2D eigenvalue weighted by Gasteiger charge is 2.34. The zero-order chi connectivity index (χ0) is 18.3. The van der Waals surface area contributed by atoms with E-state index in [1.54, 1.807) is 7.05 Å². The molecule has 0 bridgehead atoms. The van der Waals surface area contributed by atoms with Crippen LogP contribution < -0.4 is 10.6 Å². The van der Waals surface area contributed by atoms with Crippen LogP contribution in [0.1, 0.15) is 32.6 Å². The van der Waals surface area contributed by atoms with Crippen molar-refractivity contribution < 1.29 is 13.2 Å². The summed E-state index contributed by atoms with van der Waals surface area (Å²) in [4.78, 5) is 8.14. The van der Waals surface area contributed by atoms with E-state index < -0.39 is 12.7 Å². The molecule has 2 saturated heterocycles. The lowest BCUT2D eigenvalue weighted by molar-refractivity contribution is -0.143. The van der Waals surface area contributed by atoms with Crippen molar-refractivity contribution >= 4 is 29.9 Å². The van der Waals surface area contributed by atoms with Gasteiger partial charge in [0.2, 0.25) is 0 Å². The Labute approximate surface area is 172 Å². The summed E-state index contributed by atoms with van der Waals surface area (Å²) >= 11 is 0. The van der Waals surface area contributed by atoms with Crippen LogP contribution in [0.4, 0.5) is 13.2 Å². The van der Waals surface area contributed by atoms with Gasteiger partial charge in [0.15, 0.2) is 5.96 Å². The fourth-order valence-electron chi connectivity index (χ4n) is 3.53. The van der Waals surface area contributed by atoms with Crippen molar-refractivity contribution in [1.82, 2.24) is 20.4 Å². The fourth-order valence-corrected chi connectivity index (χ4v) is 3.53. The summed E-state index contributed by atoms with van der Waals surface area (Å²) in [6, 6.07) is 0.0251. The first kappa shape index (κ1) is 23.7. The van der Waals surface area contributed by atoms with Crippen LogP contribution in [0, 0.1) is 5.92 Å². The molecule has 1 atom stereocenters. The number of nitrogens with one attached hydrogen (secondary N) is 2. The minimum atomic E-state index is -4.12. The third-order valence-corrected chi connectivity index (χ3v) is 5.06. The van der Waals surface area contributed by atoms with Crippen molar-refractivity contribution in [3.63, 3.8) is 0 Å². The summed E-state index contributed by atoms with van der Waals surface area (Å²) in [6.07, 6.45) is 0.198. The highest BCUT2D eigenvalue weighted by molar-refractivity contribution is 14.0. The van der Waals surface area contributed by atoms with E-state index in [1.807, 2.05) is 0 Å². The summed E-state index contributed by atoms with van der Waals surface area (Å²) in [7, 11) is 1.70. The van der Waals surface area contributed by atoms with Crippen LogP contribution in [-0.4, -0.2) is 80.8 Å². The van der Waals surface area contributed by atoms with E-state index in [-0.39, 0.29) is 30.0 Å². The minimum absolute atomic E-state index is 0. The highest BCUT2D eigenvalue weighted by atomic mass is 127. The summed E-state index contributed by atoms with van der Waals surface area (Å²) in [5.41, 5.74) is 0. The van der Waals surface area contributed by atoms with Gasteiger partial charge >= 0.3 is 6.18 Å². The van der Waals surface area contributed by atoms with E-state index in [0.717, 1.165) is 25.4 Å². The van der Waals surface area contributed by atoms with Gasteiger partial charge in [-0.15, -0.1) is 24.0 Å². The van der Waals surface area contributed by atoms with Crippen molar-refractivity contribution in [2.75, 3.05) is 52.9 Å². The Bertz CT molecular complexity index is 425. The zero-order valence-electron chi connectivity index (χ0n) is 15.8. The molecule has 2 aliphatic heterocycles. The van der Waals surface area contributed by atoms with E-state index in [2.05, 4.69) is 27.4 Å². The normalized spacial score (nSPS) is 23.7. The Balaban J connectivity index is 0.00000338. The Morgan fingerprint density at radius 1 is 1.12 bits per heavy atom. The Morgan fingerprint density at radius 3 is 2.38 bits per heavy atom. The van der Waals surface area contributed by atoms with Crippen molar-refractivity contribution in [2.45, 2.75) is 44.8 Å². The highest BCUT2D eigenvalue weighted by Crippen LogP contribution is 2.20. The van der Waals surface area contributed by atoms with E-state index in [1.165, 1.54) is 30.8 Å². The van der Waals surface area contributed by atoms with Gasteiger partial charge in [0.25, 0.3) is 0 Å². The van der Waals surface area contributed by atoms with E-state index in [4.69, 9.17) is 0 Å². The van der Waals surface area contributed by atoms with Gasteiger partial charge in [-0.05, 0) is 51.2 Å². The van der Waals surface area contributed by atoms with Gasteiger partial charge in [0.05, 0.1) is 6.54 Å². The molecule has 2 heterocycles. The first-order chi connectivity index (χ1) is 11.9. The van der Waals surface area contributed by atoms with Gasteiger partial charge in [-0.2, -0.15) is 13.2 Å². The van der Waals surface area contributed by atoms with Crippen molar-refractivity contribution in [2.24, 2.45) is 10.9 Å². The number of aliphatic imine (C=N–C) groups is 1. The molecule has 1 unspecified atom stereocenters. The standard InChI is InChI=1S/C17H32F3N5.HI/c1-14-4-9-24(10-5-14)8-3-7-22-16(21-2)23-15-6-11-25(12-15)13-17(18,19)20;/h14-15H,3-13H2,1-2H3,(H2,21,22,23);1H. The van der Waals surface area contributed by atoms with Gasteiger partial charge in [-0.25, -0.2) is 0 Å². The zero-order valence-corrected chi connectivity index (χ0v) is 18.1. The predicted octanol–water partition coefficient (Wildman–Crippen LogP) is 2.53. The monoisotopic (exact) mass is 491 g/mol. The first-order valence-corrected chi connectivity index (χ1v) is 9.34. The quantitative estimate of drug-likeness (QED) is 0.260. The van der Waals surface area contributed by atoms with Gasteiger partial charge in [0, 0.05) is 32.7 Å². The SMILES string of the molecule is CN=C(NCCCN1CCC(C)CC1)NC1CCN(CC(F)(F)F)C1.I. The molecule has 0 amide bonds. The first-order valence-electron chi connectivity index (χ1n) is 9.34. The number of halogens is 4. The van der Waals surface area contributed by atoms with Crippen molar-refractivity contribution in [3.05, 3.63) is 0 Å². The molecule has 2 aliphatic rings. The molecule has 26 heavy (non-hydrogen) atoms. The number of hydrogen-bond donors (Lipinski definition) is 2. The molecule has 0 spiro atoms. The number of likely N-dealkylation sites (tertiary alicyclic amines) is 2. The summed E-state index contributed by atoms with van der Waals surface area (Å²) in [5.74, 6) is 1.53. The van der Waals surface area contributed by atoms with Crippen molar-refractivity contribution in [1.29, 1.82) is 0 Å². The predicted molar refractivity (Wildman–Crippen MR) is 110 cm³/mol. The number of rotatable bonds is 6. The summed E-state index contributed by atoms with van der Waals surface area (Å²) in [5, 5.41) is 6.52. The smallest absolute Gasteiger partial charge is 0.356 e. The van der Waals surface area contributed by atoms with Crippen LogP contribution in [0.3, 0.4) is 0 Å². The average molecular weight is 491 g/mol. The van der Waals surface area contributed by atoms with E-state index in [0.29, 0.717) is 25.5 Å².